The van der Waals surface area contributed by atoms with Crippen LogP contribution in [0.3, 0.4) is 0 Å². The van der Waals surface area contributed by atoms with E-state index in [0.717, 1.165) is 18.4 Å². The van der Waals surface area contributed by atoms with Crippen LogP contribution in [-0.2, 0) is 19.0 Å². The van der Waals surface area contributed by atoms with Gasteiger partial charge in [0.2, 0.25) is 0 Å². The summed E-state index contributed by atoms with van der Waals surface area (Å²) in [5, 5.41) is 0. The van der Waals surface area contributed by atoms with Gasteiger partial charge in [0.05, 0.1) is 14.6 Å². The number of hydrogen-bond donors (Lipinski definition) is 0. The molecule has 0 aliphatic carbocycles. The van der Waals surface area contributed by atoms with E-state index < -0.39 is 24.8 Å². The zero-order valence-corrected chi connectivity index (χ0v) is 9.94. The van der Waals surface area contributed by atoms with Crippen LogP contribution in [0.25, 0.3) is 0 Å². The Morgan fingerprint density at radius 1 is 1.33 bits per heavy atom. The minimum absolute atomic E-state index is 0.0216. The predicted octanol–water partition coefficient (Wildman–Crippen LogP) is 1.77. The average Bonchev–Trinajstić information content (AvgIpc) is 1.99. The highest BCUT2D eigenvalue weighted by Gasteiger charge is 2.12. The quantitative estimate of drug-likeness (QED) is 0.770. The number of halogens is 2. The van der Waals surface area contributed by atoms with Gasteiger partial charge in [0.1, 0.15) is 5.82 Å². The number of benzene rings is 1. The van der Waals surface area contributed by atoms with E-state index in [1.165, 1.54) is 12.1 Å². The molecule has 0 N–H and O–H groups in total. The first-order valence-corrected chi connectivity index (χ1v) is 7.83. The van der Waals surface area contributed by atoms with Crippen molar-refractivity contribution < 1.29 is 17.0 Å². The molecule has 0 fully saturated rings. The third-order valence-corrected chi connectivity index (χ3v) is 4.95. The molecule has 1 aromatic rings. The molecule has 1 aromatic carbocycles. The second-order valence-corrected chi connectivity index (χ2v) is 7.41. The van der Waals surface area contributed by atoms with E-state index >= 15 is 0 Å². The van der Waals surface area contributed by atoms with Crippen molar-refractivity contribution in [1.29, 1.82) is 0 Å². The average molecular weight is 272 g/mol. The highest BCUT2D eigenvalue weighted by atomic mass is 35.7. The molecule has 1 rings (SSSR count). The van der Waals surface area contributed by atoms with Gasteiger partial charge >= 0.3 is 9.24 Å². The lowest BCUT2D eigenvalue weighted by molar-refractivity contribution is 0.610. The largest absolute Gasteiger partial charge is 0.347 e. The van der Waals surface area contributed by atoms with E-state index in [0.29, 0.717) is 0 Å². The van der Waals surface area contributed by atoms with Gasteiger partial charge in [-0.2, -0.15) is 8.42 Å². The molecule has 84 valence electrons. The highest BCUT2D eigenvalue weighted by molar-refractivity contribution is 8.17. The van der Waals surface area contributed by atoms with Crippen molar-refractivity contribution >= 4 is 29.6 Å². The molecule has 1 unspecified atom stereocenters. The summed E-state index contributed by atoms with van der Waals surface area (Å²) in [7, 11) is -2.63. The third kappa shape index (κ3) is 3.77. The molecule has 0 aromatic heterocycles. The summed E-state index contributed by atoms with van der Waals surface area (Å²) in [4.78, 5) is -0.0216. The summed E-state index contributed by atoms with van der Waals surface area (Å²) < 4.78 is 48.8. The van der Waals surface area contributed by atoms with Crippen molar-refractivity contribution in [1.82, 2.24) is 0 Å². The normalized spacial score (nSPS) is 15.7. The van der Waals surface area contributed by atoms with E-state index in [2.05, 4.69) is 3.77 Å². The molecular formula is C7H7ClFNO3S2. The first-order valence-electron chi connectivity index (χ1n) is 3.64. The Hall–Kier alpha value is -0.660. The summed E-state index contributed by atoms with van der Waals surface area (Å²) in [5.74, 6) is -0.621. The van der Waals surface area contributed by atoms with E-state index in [4.69, 9.17) is 10.7 Å². The lowest BCUT2D eigenvalue weighted by Gasteiger charge is -2.02. The molecule has 0 radical (unpaired) electrons. The SMILES string of the molecule is CS(=O)(=NS(=O)(=O)Cl)c1cccc(F)c1. The molecule has 15 heavy (non-hydrogen) atoms. The molecule has 8 heteroatoms. The van der Waals surface area contributed by atoms with Crippen molar-refractivity contribution in [2.45, 2.75) is 4.90 Å². The number of nitrogens with zero attached hydrogens (tertiary/aromatic N) is 1. The smallest absolute Gasteiger partial charge is 0.244 e. The Bertz CT molecular complexity index is 590. The molecule has 0 saturated carbocycles. The Labute approximate surface area is 91.8 Å². The molecule has 0 amide bonds. The van der Waals surface area contributed by atoms with Crippen LogP contribution >= 0.6 is 10.7 Å². The van der Waals surface area contributed by atoms with Gasteiger partial charge in [-0.05, 0) is 18.2 Å². The Morgan fingerprint density at radius 3 is 2.40 bits per heavy atom. The van der Waals surface area contributed by atoms with Crippen LogP contribution in [0, 0.1) is 5.82 Å². The minimum atomic E-state index is -4.24. The maximum absolute atomic E-state index is 12.8. The van der Waals surface area contributed by atoms with E-state index in [1.807, 2.05) is 0 Å². The molecule has 0 bridgehead atoms. The molecule has 0 saturated heterocycles. The van der Waals surface area contributed by atoms with Gasteiger partial charge in [-0.25, -0.2) is 8.60 Å². The Kier molecular flexibility index (Phi) is 3.37. The summed E-state index contributed by atoms with van der Waals surface area (Å²) in [6, 6.07) is 4.73. The van der Waals surface area contributed by atoms with Crippen molar-refractivity contribution in [3.63, 3.8) is 0 Å². The van der Waals surface area contributed by atoms with Crippen LogP contribution in [0.15, 0.2) is 32.9 Å². The van der Waals surface area contributed by atoms with Crippen LogP contribution in [0.5, 0.6) is 0 Å². The van der Waals surface area contributed by atoms with Gasteiger partial charge < -0.3 is 0 Å². The maximum atomic E-state index is 12.8. The van der Waals surface area contributed by atoms with Crippen LogP contribution < -0.4 is 0 Å². The summed E-state index contributed by atoms with van der Waals surface area (Å²) in [6.07, 6.45) is 1.07. The van der Waals surface area contributed by atoms with Gasteiger partial charge in [-0.15, -0.1) is 0 Å². The van der Waals surface area contributed by atoms with Gasteiger partial charge in [0.25, 0.3) is 0 Å². The zero-order valence-electron chi connectivity index (χ0n) is 7.55. The monoisotopic (exact) mass is 271 g/mol. The topological polar surface area (TPSA) is 63.6 Å². The number of hydrogen-bond acceptors (Lipinski definition) is 3. The second-order valence-electron chi connectivity index (χ2n) is 2.75. The molecule has 0 aliphatic heterocycles. The van der Waals surface area contributed by atoms with E-state index in [9.17, 15) is 17.0 Å². The summed E-state index contributed by atoms with van der Waals surface area (Å²) >= 11 is 0. The van der Waals surface area contributed by atoms with Crippen molar-refractivity contribution in [2.75, 3.05) is 6.26 Å². The first-order chi connectivity index (χ1) is 6.71. The maximum Gasteiger partial charge on any atom is 0.347 e. The Balaban J connectivity index is 3.43. The van der Waals surface area contributed by atoms with Gasteiger partial charge in [-0.1, -0.05) is 9.83 Å². The van der Waals surface area contributed by atoms with Crippen molar-refractivity contribution in [2.24, 2.45) is 3.77 Å². The molecular weight excluding hydrogens is 265 g/mol. The first kappa shape index (κ1) is 12.4. The second kappa shape index (κ2) is 4.07. The highest BCUT2D eigenvalue weighted by Crippen LogP contribution is 2.15. The van der Waals surface area contributed by atoms with Crippen LogP contribution in [0.1, 0.15) is 0 Å². The van der Waals surface area contributed by atoms with E-state index in [-0.39, 0.29) is 4.90 Å². The third-order valence-electron chi connectivity index (χ3n) is 1.46. The van der Waals surface area contributed by atoms with Crippen molar-refractivity contribution in [3.8, 4) is 0 Å². The molecule has 0 spiro atoms. The fraction of sp³-hybridized carbons (Fsp3) is 0.143. The van der Waals surface area contributed by atoms with Gasteiger partial charge in [0.15, 0.2) is 0 Å². The van der Waals surface area contributed by atoms with Crippen LogP contribution in [0.2, 0.25) is 0 Å². The zero-order chi connectivity index (χ0) is 11.7. The van der Waals surface area contributed by atoms with Crippen molar-refractivity contribution in [3.05, 3.63) is 30.1 Å². The fourth-order valence-corrected chi connectivity index (χ4v) is 4.25. The predicted molar refractivity (Wildman–Crippen MR) is 55.9 cm³/mol. The Morgan fingerprint density at radius 2 is 1.93 bits per heavy atom. The van der Waals surface area contributed by atoms with Crippen LogP contribution in [0.4, 0.5) is 4.39 Å². The lowest BCUT2D eigenvalue weighted by atomic mass is 10.4. The lowest BCUT2D eigenvalue weighted by Crippen LogP contribution is -2.00. The molecule has 0 aliphatic rings. The van der Waals surface area contributed by atoms with Gasteiger partial charge in [0, 0.05) is 16.9 Å². The molecule has 1 atom stereocenters. The van der Waals surface area contributed by atoms with E-state index in [1.54, 1.807) is 0 Å². The van der Waals surface area contributed by atoms with Crippen LogP contribution in [-0.4, -0.2) is 18.9 Å². The molecule has 0 heterocycles. The fourth-order valence-electron chi connectivity index (χ4n) is 0.916. The minimum Gasteiger partial charge on any atom is -0.244 e. The number of rotatable bonds is 2. The summed E-state index contributed by atoms with van der Waals surface area (Å²) in [6.45, 7) is 0. The van der Waals surface area contributed by atoms with Gasteiger partial charge in [-0.3, -0.25) is 0 Å². The standard InChI is InChI=1S/C7H7ClFNO3S2/c1-14(11,10-15(8,12)13)7-4-2-3-6(9)5-7/h2-5H,1H3. The molecule has 4 nitrogen and oxygen atoms in total. The summed E-state index contributed by atoms with van der Waals surface area (Å²) in [5.41, 5.74) is 0.